The molecule has 0 radical (unpaired) electrons. The lowest BCUT2D eigenvalue weighted by molar-refractivity contribution is -0.145. The van der Waals surface area contributed by atoms with Gasteiger partial charge in [0.2, 0.25) is 11.8 Å². The third kappa shape index (κ3) is 6.89. The number of rotatable bonds is 9. The number of methoxy groups -OCH3 is 1. The second-order valence-electron chi connectivity index (χ2n) is 8.17. The topological polar surface area (TPSA) is 152 Å². The van der Waals surface area contributed by atoms with E-state index in [9.17, 15) is 14.4 Å². The number of hydrogen-bond acceptors (Lipinski definition) is 8. The van der Waals surface area contributed by atoms with Gasteiger partial charge in [-0.3, -0.25) is 19.8 Å². The van der Waals surface area contributed by atoms with Crippen LogP contribution in [0.3, 0.4) is 0 Å². The second-order valence-corrected chi connectivity index (χ2v) is 8.17. The number of benzene rings is 1. The summed E-state index contributed by atoms with van der Waals surface area (Å²) in [6.07, 6.45) is 3.33. The molecule has 2 amide bonds. The highest BCUT2D eigenvalue weighted by atomic mass is 35.5. The van der Waals surface area contributed by atoms with E-state index in [0.29, 0.717) is 23.6 Å². The SMILES string of the molecule is COC(=O)C[C@@H]1C[C@@H](COc2ccc(-c3ncc(C(=N)N)cn3)cc2)N(CC(=O)N(C)C)C1=O.Cl. The van der Waals surface area contributed by atoms with Gasteiger partial charge in [-0.25, -0.2) is 9.97 Å². The molecule has 3 N–H and O–H groups in total. The molecule has 0 spiro atoms. The second kappa shape index (κ2) is 12.1. The molecule has 0 aliphatic carbocycles. The third-order valence-corrected chi connectivity index (χ3v) is 5.59. The molecule has 0 saturated carbocycles. The lowest BCUT2D eigenvalue weighted by atomic mass is 10.0. The molecule has 2 heterocycles. The van der Waals surface area contributed by atoms with Crippen LogP contribution in [-0.4, -0.2) is 83.8 Å². The average molecular weight is 505 g/mol. The number of nitrogen functional groups attached to an aromatic ring is 1. The van der Waals surface area contributed by atoms with Crippen LogP contribution in [0.25, 0.3) is 11.4 Å². The van der Waals surface area contributed by atoms with E-state index in [1.165, 1.54) is 29.3 Å². The minimum absolute atomic E-state index is 0. The number of likely N-dealkylation sites (tertiary alicyclic amines) is 1. The molecular weight excluding hydrogens is 476 g/mol. The van der Waals surface area contributed by atoms with Gasteiger partial charge in [0.25, 0.3) is 0 Å². The number of nitrogens with zero attached hydrogens (tertiary/aromatic N) is 4. The molecule has 1 saturated heterocycles. The van der Waals surface area contributed by atoms with Crippen molar-refractivity contribution in [1.29, 1.82) is 5.41 Å². The minimum Gasteiger partial charge on any atom is -0.491 e. The summed E-state index contributed by atoms with van der Waals surface area (Å²) in [4.78, 5) is 48.2. The van der Waals surface area contributed by atoms with Gasteiger partial charge in [-0.05, 0) is 30.7 Å². The fraction of sp³-hybridized carbons (Fsp3) is 0.391. The van der Waals surface area contributed by atoms with Crippen LogP contribution in [-0.2, 0) is 19.1 Å². The largest absolute Gasteiger partial charge is 0.491 e. The summed E-state index contributed by atoms with van der Waals surface area (Å²) in [5.41, 5.74) is 6.63. The molecule has 35 heavy (non-hydrogen) atoms. The monoisotopic (exact) mass is 504 g/mol. The standard InChI is InChI=1S/C23H28N6O5.ClH/c1-28(2)19(30)12-29-17(8-15(23(29)32)9-20(31)33-3)13-34-18-6-4-14(5-7-18)22-26-10-16(11-27-22)21(24)25;/h4-7,10-11,15,17H,8-9,12-13H2,1-3H3,(H3,24,25);1H/t15-,17-;/m0./s1. The Morgan fingerprint density at radius 2 is 1.83 bits per heavy atom. The number of ether oxygens (including phenoxy) is 2. The van der Waals surface area contributed by atoms with Crippen molar-refractivity contribution in [2.45, 2.75) is 18.9 Å². The Hall–Kier alpha value is -3.73. The number of carbonyl (C=O) groups is 3. The summed E-state index contributed by atoms with van der Waals surface area (Å²) >= 11 is 0. The molecule has 1 fully saturated rings. The molecular formula is C23H29ClN6O5. The van der Waals surface area contributed by atoms with Crippen LogP contribution in [0.4, 0.5) is 0 Å². The van der Waals surface area contributed by atoms with Gasteiger partial charge in [-0.15, -0.1) is 12.4 Å². The molecule has 1 aliphatic rings. The summed E-state index contributed by atoms with van der Waals surface area (Å²) in [6.45, 7) is 0.0946. The summed E-state index contributed by atoms with van der Waals surface area (Å²) in [5, 5.41) is 7.41. The first-order valence-electron chi connectivity index (χ1n) is 10.7. The van der Waals surface area contributed by atoms with Gasteiger partial charge >= 0.3 is 5.97 Å². The Morgan fingerprint density at radius 3 is 2.37 bits per heavy atom. The molecule has 1 aliphatic heterocycles. The van der Waals surface area contributed by atoms with Crippen LogP contribution < -0.4 is 10.5 Å². The van der Waals surface area contributed by atoms with Gasteiger partial charge in [-0.1, -0.05) is 0 Å². The molecule has 2 aromatic rings. The first kappa shape index (κ1) is 27.5. The Labute approximate surface area is 209 Å². The normalized spacial score (nSPS) is 16.9. The molecule has 2 atom stereocenters. The van der Waals surface area contributed by atoms with Crippen molar-refractivity contribution in [3.63, 3.8) is 0 Å². The number of nitrogens with one attached hydrogen (secondary N) is 1. The molecule has 0 bridgehead atoms. The summed E-state index contributed by atoms with van der Waals surface area (Å²) in [5.74, 6) is -0.519. The van der Waals surface area contributed by atoms with Crippen molar-refractivity contribution >= 4 is 36.0 Å². The van der Waals surface area contributed by atoms with Crippen LogP contribution >= 0.6 is 12.4 Å². The maximum atomic E-state index is 12.9. The zero-order valence-corrected chi connectivity index (χ0v) is 20.6. The van der Waals surface area contributed by atoms with E-state index in [1.54, 1.807) is 38.4 Å². The van der Waals surface area contributed by atoms with Gasteiger partial charge in [-0.2, -0.15) is 0 Å². The van der Waals surface area contributed by atoms with Crippen molar-refractivity contribution < 1.29 is 23.9 Å². The lowest BCUT2D eigenvalue weighted by Crippen LogP contribution is -2.44. The predicted molar refractivity (Wildman–Crippen MR) is 130 cm³/mol. The van der Waals surface area contributed by atoms with E-state index < -0.39 is 11.9 Å². The molecule has 188 valence electrons. The zero-order chi connectivity index (χ0) is 24.8. The molecule has 3 rings (SSSR count). The maximum absolute atomic E-state index is 12.9. The number of amides is 2. The summed E-state index contributed by atoms with van der Waals surface area (Å²) in [6, 6.07) is 6.76. The van der Waals surface area contributed by atoms with E-state index >= 15 is 0 Å². The van der Waals surface area contributed by atoms with Gasteiger partial charge < -0.3 is 25.0 Å². The van der Waals surface area contributed by atoms with E-state index in [0.717, 1.165) is 5.56 Å². The third-order valence-electron chi connectivity index (χ3n) is 5.59. The van der Waals surface area contributed by atoms with Gasteiger partial charge in [0, 0.05) is 32.1 Å². The zero-order valence-electron chi connectivity index (χ0n) is 19.8. The van der Waals surface area contributed by atoms with Crippen LogP contribution in [0.15, 0.2) is 36.7 Å². The fourth-order valence-electron chi connectivity index (χ4n) is 3.59. The van der Waals surface area contributed by atoms with Crippen molar-refractivity contribution in [2.75, 3.05) is 34.4 Å². The van der Waals surface area contributed by atoms with Crippen LogP contribution in [0.2, 0.25) is 0 Å². The first-order valence-corrected chi connectivity index (χ1v) is 10.7. The Bertz CT molecular complexity index is 1060. The average Bonchev–Trinajstić information content (AvgIpc) is 3.11. The number of amidine groups is 1. The van der Waals surface area contributed by atoms with Crippen molar-refractivity contribution in [3.8, 4) is 17.1 Å². The van der Waals surface area contributed by atoms with Gasteiger partial charge in [0.05, 0.1) is 31.1 Å². The van der Waals surface area contributed by atoms with Crippen molar-refractivity contribution in [3.05, 3.63) is 42.2 Å². The quantitative estimate of drug-likeness (QED) is 0.292. The van der Waals surface area contributed by atoms with Crippen LogP contribution in [0, 0.1) is 11.3 Å². The number of carbonyl (C=O) groups excluding carboxylic acids is 3. The number of hydrogen-bond donors (Lipinski definition) is 2. The van der Waals surface area contributed by atoms with Gasteiger partial charge in [0.1, 0.15) is 24.7 Å². The number of likely N-dealkylation sites (N-methyl/N-ethyl adjacent to an activating group) is 1. The fourth-order valence-corrected chi connectivity index (χ4v) is 3.59. The first-order chi connectivity index (χ1) is 16.2. The highest BCUT2D eigenvalue weighted by Crippen LogP contribution is 2.29. The van der Waals surface area contributed by atoms with Crippen molar-refractivity contribution in [1.82, 2.24) is 19.8 Å². The molecule has 1 aromatic carbocycles. The number of nitrogens with two attached hydrogens (primary N) is 1. The van der Waals surface area contributed by atoms with Crippen LogP contribution in [0.1, 0.15) is 18.4 Å². The molecule has 0 unspecified atom stereocenters. The maximum Gasteiger partial charge on any atom is 0.306 e. The van der Waals surface area contributed by atoms with E-state index in [1.807, 2.05) is 0 Å². The Morgan fingerprint density at radius 1 is 1.20 bits per heavy atom. The summed E-state index contributed by atoms with van der Waals surface area (Å²) < 4.78 is 10.6. The van der Waals surface area contributed by atoms with Crippen molar-refractivity contribution in [2.24, 2.45) is 11.7 Å². The number of esters is 1. The Kier molecular flexibility index (Phi) is 9.52. The van der Waals surface area contributed by atoms with Gasteiger partial charge in [0.15, 0.2) is 5.82 Å². The Balaban J connectivity index is 0.00000432. The molecule has 12 heteroatoms. The predicted octanol–water partition coefficient (Wildman–Crippen LogP) is 1.10. The van der Waals surface area contributed by atoms with E-state index in [4.69, 9.17) is 20.6 Å². The molecule has 11 nitrogen and oxygen atoms in total. The number of aromatic nitrogens is 2. The minimum atomic E-state index is -0.548. The van der Waals surface area contributed by atoms with Crippen LogP contribution in [0.5, 0.6) is 5.75 Å². The van der Waals surface area contributed by atoms with E-state index in [2.05, 4.69) is 9.97 Å². The highest BCUT2D eigenvalue weighted by Gasteiger charge is 2.41. The lowest BCUT2D eigenvalue weighted by Gasteiger charge is -2.25. The summed E-state index contributed by atoms with van der Waals surface area (Å²) in [7, 11) is 4.53. The highest BCUT2D eigenvalue weighted by molar-refractivity contribution is 5.94. The number of halogens is 1. The molecule has 1 aromatic heterocycles. The smallest absolute Gasteiger partial charge is 0.306 e. The van der Waals surface area contributed by atoms with E-state index in [-0.39, 0.29) is 55.7 Å².